The van der Waals surface area contributed by atoms with E-state index in [4.69, 9.17) is 28.3 Å². The molecule has 1 aliphatic carbocycles. The Kier molecular flexibility index (Phi) is 11.0. The number of nitrogens with zero attached hydrogens (tertiary/aromatic N) is 2. The van der Waals surface area contributed by atoms with E-state index < -0.39 is 88.1 Å². The Labute approximate surface area is 379 Å². The number of anilines is 2. The predicted octanol–water partition coefficient (Wildman–Crippen LogP) is 4.11. The van der Waals surface area contributed by atoms with E-state index in [1.807, 2.05) is 0 Å². The normalized spacial score (nSPS) is 35.1. The highest BCUT2D eigenvalue weighted by Crippen LogP contribution is 2.61. The topological polar surface area (TPSA) is 239 Å². The molecule has 5 aliphatic rings. The van der Waals surface area contributed by atoms with Crippen LogP contribution in [0.4, 0.5) is 11.4 Å². The summed E-state index contributed by atoms with van der Waals surface area (Å²) >= 11 is 0. The van der Waals surface area contributed by atoms with Crippen LogP contribution in [0.25, 0.3) is 38.7 Å². The number of phenols is 1. The molecular weight excluding hydrogens is 853 g/mol. The van der Waals surface area contributed by atoms with E-state index in [1.165, 1.54) is 59.3 Å². The number of aliphatic hydroxyl groups is 3. The second kappa shape index (κ2) is 16.1. The first-order chi connectivity index (χ1) is 31.2. The molecule has 17 heteroatoms. The van der Waals surface area contributed by atoms with Crippen molar-refractivity contribution in [1.82, 2.24) is 10.3 Å². The van der Waals surface area contributed by atoms with Crippen molar-refractivity contribution in [2.75, 3.05) is 30.4 Å². The first-order valence-corrected chi connectivity index (χ1v) is 22.4. The molecule has 6 N–H and O–H groups in total. The van der Waals surface area contributed by atoms with Crippen LogP contribution < -0.4 is 36.3 Å². The average molecular weight is 909 g/mol. The van der Waals surface area contributed by atoms with Gasteiger partial charge in [0.15, 0.2) is 22.4 Å². The molecule has 17 nitrogen and oxygen atoms in total. The summed E-state index contributed by atoms with van der Waals surface area (Å²) < 4.78 is 30.5. The zero-order chi connectivity index (χ0) is 47.5. The van der Waals surface area contributed by atoms with E-state index >= 15 is 0 Å². The Morgan fingerprint density at radius 1 is 0.985 bits per heavy atom. The Balaban J connectivity index is 1.25. The summed E-state index contributed by atoms with van der Waals surface area (Å²) in [6.07, 6.45) is 4.59. The zero-order valence-corrected chi connectivity index (χ0v) is 38.3. The minimum Gasteiger partial charge on any atom is -0.507 e. The van der Waals surface area contributed by atoms with Crippen LogP contribution in [-0.4, -0.2) is 99.3 Å². The van der Waals surface area contributed by atoms with E-state index in [-0.39, 0.29) is 66.3 Å². The number of amides is 1. The number of aromatic hydroxyl groups is 1. The standard InChI is InChI=1S/C49H56N4O13/c1-20-11-10-12-21(2)47(61)52-38-42(59)34-33(37-45(38)65-31-16-28(15-29(55)36(31)51-37)53-19-32-49(53)17-27(49)18-50-32)35-44(25(6)41(34)58)66-48(8,46(35)60)63-14-13-30(62-9)22(3)43(64-26(7)54)24(5)40(57)23(4)39(20)56/h10-16,20,22-24,27,30,32,39-40,43,50,56-58,60H,17-19H2,1-9H3,(H,52,61)/b11-10+,14-13+,21-12-/t20-,22+,23+,24+,27?,30-,32?,39-,40+,43+,48?,49?/m0/s1. The van der Waals surface area contributed by atoms with Gasteiger partial charge in [-0.25, -0.2) is 4.98 Å². The van der Waals surface area contributed by atoms with Crippen molar-refractivity contribution < 1.29 is 53.4 Å². The zero-order valence-electron chi connectivity index (χ0n) is 38.3. The van der Waals surface area contributed by atoms with Crippen molar-refractivity contribution in [3.05, 3.63) is 79.5 Å². The highest BCUT2D eigenvalue weighted by atomic mass is 16.7. The first-order valence-electron chi connectivity index (χ1n) is 22.4. The Morgan fingerprint density at radius 3 is 2.41 bits per heavy atom. The monoisotopic (exact) mass is 908 g/mol. The number of rotatable bonds is 3. The number of aliphatic hydroxyl groups excluding tert-OH is 3. The van der Waals surface area contributed by atoms with E-state index in [0.29, 0.717) is 24.2 Å². The maximum Gasteiger partial charge on any atom is 0.307 e. The van der Waals surface area contributed by atoms with Crippen LogP contribution in [0.5, 0.6) is 11.5 Å². The highest BCUT2D eigenvalue weighted by molar-refractivity contribution is 6.17. The number of piperidine rings is 1. The van der Waals surface area contributed by atoms with Gasteiger partial charge in [-0.05, 0) is 32.3 Å². The number of hydrogen-bond acceptors (Lipinski definition) is 16. The van der Waals surface area contributed by atoms with Crippen molar-refractivity contribution in [1.29, 1.82) is 0 Å². The highest BCUT2D eigenvalue weighted by Gasteiger charge is 2.72. The molecule has 4 aromatic rings. The van der Waals surface area contributed by atoms with Gasteiger partial charge in [-0.1, -0.05) is 45.9 Å². The van der Waals surface area contributed by atoms with Crippen LogP contribution in [-0.2, 0) is 23.8 Å². The number of esters is 1. The SMILES string of the molecule is CO[C@H]1/C=C/OC2(C)Oc3c(C)c(O)c4c(=O)c(c5oc6cc(N7CC8NCC9CC987)cc(=O)c6nc5c4c3=C2O)NC(=O)/C(C)=C\C=C\[C@H](C)[C@H](O)[C@@H](C)[C@@H](O)[C@@H](C)[C@H](OC(C)=O)[C@@H]1C. The summed E-state index contributed by atoms with van der Waals surface area (Å²) in [6.45, 7) is 14.2. The minimum atomic E-state index is -1.98. The smallest absolute Gasteiger partial charge is 0.307 e. The van der Waals surface area contributed by atoms with Gasteiger partial charge in [0.05, 0.1) is 40.7 Å². The molecule has 5 heterocycles. The van der Waals surface area contributed by atoms with Gasteiger partial charge in [-0.2, -0.15) is 0 Å². The number of hydrogen-bond donors (Lipinski definition) is 6. The number of carbonyl (C=O) groups is 2. The second-order valence-electron chi connectivity index (χ2n) is 19.0. The molecule has 12 atom stereocenters. The number of carbonyl (C=O) groups excluding carboxylic acids is 2. The molecule has 66 heavy (non-hydrogen) atoms. The Hall–Kier alpha value is -6.01. The third-order valence-electron chi connectivity index (χ3n) is 14.9. The molecule has 4 bridgehead atoms. The van der Waals surface area contributed by atoms with Gasteiger partial charge < -0.3 is 59.3 Å². The van der Waals surface area contributed by atoms with Crippen LogP contribution in [0.2, 0.25) is 0 Å². The third kappa shape index (κ3) is 6.84. The summed E-state index contributed by atoms with van der Waals surface area (Å²) in [5, 5.41) is 52.8. The minimum absolute atomic E-state index is 0.0442. The first kappa shape index (κ1) is 45.2. The maximum absolute atomic E-state index is 14.9. The van der Waals surface area contributed by atoms with Crippen LogP contribution >= 0.6 is 0 Å². The second-order valence-corrected chi connectivity index (χ2v) is 19.0. The largest absolute Gasteiger partial charge is 0.507 e. The van der Waals surface area contributed by atoms with Gasteiger partial charge in [0.2, 0.25) is 10.9 Å². The lowest BCUT2D eigenvalue weighted by atomic mass is 9.78. The molecular formula is C49H56N4O13. The summed E-state index contributed by atoms with van der Waals surface area (Å²) in [6, 6.07) is 3.53. The van der Waals surface area contributed by atoms with E-state index in [0.717, 1.165) is 13.0 Å². The quantitative estimate of drug-likeness (QED) is 0.0964. The van der Waals surface area contributed by atoms with E-state index in [2.05, 4.69) is 15.5 Å². The molecule has 3 fully saturated rings. The Bertz CT molecular complexity index is 3000. The van der Waals surface area contributed by atoms with Crippen molar-refractivity contribution >= 4 is 62.0 Å². The number of allylic oxidation sites excluding steroid dienone is 2. The van der Waals surface area contributed by atoms with Crippen LogP contribution in [0, 0.1) is 36.5 Å². The predicted molar refractivity (Wildman–Crippen MR) is 245 cm³/mol. The summed E-state index contributed by atoms with van der Waals surface area (Å²) in [4.78, 5) is 62.4. The molecule has 1 spiro atoms. The van der Waals surface area contributed by atoms with Gasteiger partial charge >= 0.3 is 11.8 Å². The fraction of sp³-hybridized carbons (Fsp3) is 0.490. The van der Waals surface area contributed by atoms with Gasteiger partial charge in [0.1, 0.15) is 28.8 Å². The number of nitrogens with one attached hydrogen (secondary N) is 2. The lowest BCUT2D eigenvalue weighted by Gasteiger charge is -2.49. The van der Waals surface area contributed by atoms with Gasteiger partial charge in [0, 0.05) is 98.1 Å². The van der Waals surface area contributed by atoms with Crippen LogP contribution in [0.3, 0.4) is 0 Å². The lowest BCUT2D eigenvalue weighted by Crippen LogP contribution is -2.65. The number of methoxy groups -OCH3 is 1. The molecule has 0 radical (unpaired) electrons. The summed E-state index contributed by atoms with van der Waals surface area (Å²) in [5.41, 5.74) is -1.29. The number of fused-ring (bicyclic) bond motifs is 2. The maximum atomic E-state index is 14.9. The van der Waals surface area contributed by atoms with Crippen molar-refractivity contribution in [2.45, 2.75) is 104 Å². The number of benzene rings is 3. The molecule has 1 aromatic heterocycles. The molecule has 3 aromatic carbocycles. The van der Waals surface area contributed by atoms with Gasteiger partial charge in [-0.15, -0.1) is 0 Å². The summed E-state index contributed by atoms with van der Waals surface area (Å²) in [5.74, 6) is -6.42. The molecule has 350 valence electrons. The van der Waals surface area contributed by atoms with Crippen LogP contribution in [0.15, 0.2) is 62.3 Å². The van der Waals surface area contributed by atoms with Crippen molar-refractivity contribution in [3.63, 3.8) is 0 Å². The van der Waals surface area contributed by atoms with Gasteiger partial charge in [-0.3, -0.25) is 19.2 Å². The molecule has 2 saturated heterocycles. The fourth-order valence-electron chi connectivity index (χ4n) is 10.8. The van der Waals surface area contributed by atoms with E-state index in [9.17, 15) is 39.6 Å². The molecule has 1 saturated carbocycles. The third-order valence-corrected chi connectivity index (χ3v) is 14.9. The molecule has 1 amide bonds. The fourth-order valence-corrected chi connectivity index (χ4v) is 10.8. The van der Waals surface area contributed by atoms with E-state index in [1.54, 1.807) is 45.9 Å². The van der Waals surface area contributed by atoms with Crippen molar-refractivity contribution in [2.24, 2.45) is 29.6 Å². The van der Waals surface area contributed by atoms with Gasteiger partial charge in [0.25, 0.3) is 5.91 Å². The van der Waals surface area contributed by atoms with Crippen LogP contribution in [0.1, 0.15) is 60.5 Å². The van der Waals surface area contributed by atoms with Crippen molar-refractivity contribution in [3.8, 4) is 11.5 Å². The molecule has 4 aliphatic heterocycles. The number of aromatic nitrogens is 1. The molecule has 4 unspecified atom stereocenters. The lowest BCUT2D eigenvalue weighted by molar-refractivity contribution is -0.160. The molecule has 9 rings (SSSR count). The average Bonchev–Trinajstić information content (AvgIpc) is 3.91. The number of phenolic OH excluding ortho intramolecular Hbond substituents is 1. The Morgan fingerprint density at radius 2 is 1.73 bits per heavy atom. The summed E-state index contributed by atoms with van der Waals surface area (Å²) in [7, 11) is 1.45. The number of ether oxygens (including phenoxy) is 4.